The Bertz CT molecular complexity index is 406. The van der Waals surface area contributed by atoms with Crippen LogP contribution in [-0.4, -0.2) is 35.8 Å². The average molecular weight is 233 g/mol. The molecule has 17 heavy (non-hydrogen) atoms. The molecular formula is C13H19N3O. The minimum absolute atomic E-state index is 0.276. The van der Waals surface area contributed by atoms with Gasteiger partial charge in [-0.3, -0.25) is 0 Å². The van der Waals surface area contributed by atoms with Crippen molar-refractivity contribution in [3.8, 4) is 0 Å². The van der Waals surface area contributed by atoms with Gasteiger partial charge in [-0.2, -0.15) is 0 Å². The number of nitrogens with zero attached hydrogens (tertiary/aromatic N) is 3. The minimum Gasteiger partial charge on any atom is -0.372 e. The summed E-state index contributed by atoms with van der Waals surface area (Å²) in [4.78, 5) is 11.1. The molecule has 0 radical (unpaired) electrons. The van der Waals surface area contributed by atoms with E-state index in [9.17, 15) is 0 Å². The van der Waals surface area contributed by atoms with Crippen molar-refractivity contribution in [3.63, 3.8) is 0 Å². The third kappa shape index (κ3) is 2.82. The zero-order chi connectivity index (χ0) is 12.3. The second-order valence-corrected chi connectivity index (χ2v) is 4.42. The lowest BCUT2D eigenvalue weighted by Crippen LogP contribution is -2.25. The number of ether oxygens (including phenoxy) is 1. The van der Waals surface area contributed by atoms with Crippen molar-refractivity contribution < 1.29 is 4.74 Å². The molecule has 1 aromatic rings. The standard InChI is InChI=1S/C13H19N3O/c1-4-7-17-12-5-6-16(9-12)13-14-8-10(2)11(3)15-13/h4,8,12H,1,5-7,9H2,2-3H3. The van der Waals surface area contributed by atoms with Crippen molar-refractivity contribution in [2.24, 2.45) is 0 Å². The molecule has 0 bridgehead atoms. The van der Waals surface area contributed by atoms with Crippen LogP contribution in [0.3, 0.4) is 0 Å². The van der Waals surface area contributed by atoms with Gasteiger partial charge in [0.05, 0.1) is 12.7 Å². The Labute approximate surface area is 102 Å². The number of aryl methyl sites for hydroxylation is 2. The maximum Gasteiger partial charge on any atom is 0.225 e. The highest BCUT2D eigenvalue weighted by Crippen LogP contribution is 2.18. The predicted octanol–water partition coefficient (Wildman–Crippen LogP) is 1.87. The molecule has 0 N–H and O–H groups in total. The van der Waals surface area contributed by atoms with E-state index in [2.05, 4.69) is 21.4 Å². The molecule has 1 unspecified atom stereocenters. The third-order valence-electron chi connectivity index (χ3n) is 3.09. The molecule has 2 heterocycles. The Morgan fingerprint density at radius 3 is 3.12 bits per heavy atom. The second-order valence-electron chi connectivity index (χ2n) is 4.42. The number of anilines is 1. The Kier molecular flexibility index (Phi) is 3.74. The van der Waals surface area contributed by atoms with Gasteiger partial charge in [0.25, 0.3) is 0 Å². The van der Waals surface area contributed by atoms with E-state index < -0.39 is 0 Å². The molecule has 4 heteroatoms. The first-order valence-corrected chi connectivity index (χ1v) is 5.98. The summed E-state index contributed by atoms with van der Waals surface area (Å²) < 4.78 is 5.64. The van der Waals surface area contributed by atoms with Crippen LogP contribution < -0.4 is 4.90 Å². The molecule has 0 aromatic carbocycles. The van der Waals surface area contributed by atoms with Crippen molar-refractivity contribution in [1.82, 2.24) is 9.97 Å². The molecule has 0 saturated carbocycles. The van der Waals surface area contributed by atoms with Crippen LogP contribution in [-0.2, 0) is 4.74 Å². The Hall–Kier alpha value is -1.42. The van der Waals surface area contributed by atoms with Gasteiger partial charge in [-0.05, 0) is 25.8 Å². The highest BCUT2D eigenvalue weighted by Gasteiger charge is 2.24. The van der Waals surface area contributed by atoms with Gasteiger partial charge in [0.1, 0.15) is 0 Å². The molecule has 0 aliphatic carbocycles. The number of hydrogen-bond donors (Lipinski definition) is 0. The van der Waals surface area contributed by atoms with E-state index in [4.69, 9.17) is 4.74 Å². The van der Waals surface area contributed by atoms with Gasteiger partial charge in [-0.15, -0.1) is 6.58 Å². The molecule has 0 spiro atoms. The largest absolute Gasteiger partial charge is 0.372 e. The van der Waals surface area contributed by atoms with Crippen LogP contribution in [0.1, 0.15) is 17.7 Å². The Balaban J connectivity index is 1.99. The fourth-order valence-electron chi connectivity index (χ4n) is 1.92. The highest BCUT2D eigenvalue weighted by atomic mass is 16.5. The van der Waals surface area contributed by atoms with E-state index >= 15 is 0 Å². The molecule has 1 aliphatic rings. The van der Waals surface area contributed by atoms with Crippen molar-refractivity contribution in [3.05, 3.63) is 30.1 Å². The SMILES string of the molecule is C=CCOC1CCN(c2ncc(C)c(C)n2)C1. The fourth-order valence-corrected chi connectivity index (χ4v) is 1.92. The van der Waals surface area contributed by atoms with E-state index in [-0.39, 0.29) is 6.10 Å². The highest BCUT2D eigenvalue weighted by molar-refractivity contribution is 5.34. The van der Waals surface area contributed by atoms with Crippen LogP contribution >= 0.6 is 0 Å². The van der Waals surface area contributed by atoms with Gasteiger partial charge in [-0.25, -0.2) is 9.97 Å². The molecule has 1 saturated heterocycles. The molecular weight excluding hydrogens is 214 g/mol. The summed E-state index contributed by atoms with van der Waals surface area (Å²) >= 11 is 0. The van der Waals surface area contributed by atoms with Crippen LogP contribution in [0.15, 0.2) is 18.9 Å². The van der Waals surface area contributed by atoms with E-state index in [1.807, 2.05) is 20.0 Å². The quantitative estimate of drug-likeness (QED) is 0.744. The lowest BCUT2D eigenvalue weighted by molar-refractivity contribution is 0.0908. The van der Waals surface area contributed by atoms with Crippen molar-refractivity contribution in [2.45, 2.75) is 26.4 Å². The van der Waals surface area contributed by atoms with Crippen molar-refractivity contribution in [2.75, 3.05) is 24.6 Å². The van der Waals surface area contributed by atoms with E-state index in [0.29, 0.717) is 6.61 Å². The molecule has 1 atom stereocenters. The number of rotatable bonds is 4. The fraction of sp³-hybridized carbons (Fsp3) is 0.538. The molecule has 1 fully saturated rings. The van der Waals surface area contributed by atoms with Gasteiger partial charge in [0.2, 0.25) is 5.95 Å². The van der Waals surface area contributed by atoms with Crippen molar-refractivity contribution in [1.29, 1.82) is 0 Å². The molecule has 4 nitrogen and oxygen atoms in total. The molecule has 1 aromatic heterocycles. The normalized spacial score (nSPS) is 19.6. The summed E-state index contributed by atoms with van der Waals surface area (Å²) in [6.07, 6.45) is 4.98. The van der Waals surface area contributed by atoms with Gasteiger partial charge in [0, 0.05) is 25.0 Å². The summed E-state index contributed by atoms with van der Waals surface area (Å²) in [5.41, 5.74) is 2.18. The average Bonchev–Trinajstić information content (AvgIpc) is 2.79. The smallest absolute Gasteiger partial charge is 0.225 e. The first-order valence-electron chi connectivity index (χ1n) is 5.98. The van der Waals surface area contributed by atoms with Gasteiger partial charge in [-0.1, -0.05) is 6.08 Å². The van der Waals surface area contributed by atoms with Crippen LogP contribution in [0, 0.1) is 13.8 Å². The monoisotopic (exact) mass is 233 g/mol. The molecule has 92 valence electrons. The number of aromatic nitrogens is 2. The first kappa shape index (κ1) is 12.0. The maximum absolute atomic E-state index is 5.64. The maximum atomic E-state index is 5.64. The molecule has 0 amide bonds. The summed E-state index contributed by atoms with van der Waals surface area (Å²) in [7, 11) is 0. The first-order chi connectivity index (χ1) is 8.20. The van der Waals surface area contributed by atoms with Crippen molar-refractivity contribution >= 4 is 5.95 Å². The van der Waals surface area contributed by atoms with E-state index in [0.717, 1.165) is 36.7 Å². The predicted molar refractivity (Wildman–Crippen MR) is 68.3 cm³/mol. The summed E-state index contributed by atoms with van der Waals surface area (Å²) in [5.74, 6) is 0.817. The summed E-state index contributed by atoms with van der Waals surface area (Å²) in [6.45, 7) is 10.2. The third-order valence-corrected chi connectivity index (χ3v) is 3.09. The van der Waals surface area contributed by atoms with Gasteiger partial charge < -0.3 is 9.64 Å². The van der Waals surface area contributed by atoms with E-state index in [1.54, 1.807) is 6.08 Å². The lowest BCUT2D eigenvalue weighted by Gasteiger charge is -2.16. The van der Waals surface area contributed by atoms with Crippen LogP contribution in [0.2, 0.25) is 0 Å². The lowest BCUT2D eigenvalue weighted by atomic mass is 10.3. The van der Waals surface area contributed by atoms with Crippen LogP contribution in [0.5, 0.6) is 0 Å². The summed E-state index contributed by atoms with van der Waals surface area (Å²) in [6, 6.07) is 0. The van der Waals surface area contributed by atoms with E-state index in [1.165, 1.54) is 0 Å². The van der Waals surface area contributed by atoms with Gasteiger partial charge >= 0.3 is 0 Å². The topological polar surface area (TPSA) is 38.2 Å². The number of hydrogen-bond acceptors (Lipinski definition) is 4. The second kappa shape index (κ2) is 5.27. The van der Waals surface area contributed by atoms with Crippen LogP contribution in [0.25, 0.3) is 0 Å². The Morgan fingerprint density at radius 1 is 1.59 bits per heavy atom. The molecule has 1 aliphatic heterocycles. The summed E-state index contributed by atoms with van der Waals surface area (Å²) in [5, 5.41) is 0. The van der Waals surface area contributed by atoms with Crippen LogP contribution in [0.4, 0.5) is 5.95 Å². The zero-order valence-electron chi connectivity index (χ0n) is 10.5. The molecule has 2 rings (SSSR count). The minimum atomic E-state index is 0.276. The zero-order valence-corrected chi connectivity index (χ0v) is 10.5. The van der Waals surface area contributed by atoms with Gasteiger partial charge in [0.15, 0.2) is 0 Å². The Morgan fingerprint density at radius 2 is 2.41 bits per heavy atom.